The Balaban J connectivity index is 1.64. The summed E-state index contributed by atoms with van der Waals surface area (Å²) in [6, 6.07) is 7.20. The average molecular weight is 400 g/mol. The Labute approximate surface area is 165 Å². The topological polar surface area (TPSA) is 130 Å². The van der Waals surface area contributed by atoms with Crippen LogP contribution in [0.1, 0.15) is 31.1 Å². The van der Waals surface area contributed by atoms with Crippen LogP contribution in [-0.4, -0.2) is 43.2 Å². The maximum atomic E-state index is 12.3. The van der Waals surface area contributed by atoms with Crippen LogP contribution in [0.2, 0.25) is 0 Å². The van der Waals surface area contributed by atoms with Gasteiger partial charge in [0, 0.05) is 6.61 Å². The number of benzene rings is 1. The van der Waals surface area contributed by atoms with Crippen LogP contribution < -0.4 is 10.4 Å². The van der Waals surface area contributed by atoms with Crippen molar-refractivity contribution in [2.24, 2.45) is 0 Å². The van der Waals surface area contributed by atoms with E-state index in [1.165, 1.54) is 15.6 Å². The van der Waals surface area contributed by atoms with Crippen LogP contribution in [0.15, 0.2) is 35.3 Å². The lowest BCUT2D eigenvalue weighted by molar-refractivity contribution is -0.384. The Morgan fingerprint density at radius 2 is 2.10 bits per heavy atom. The number of rotatable bonds is 6. The van der Waals surface area contributed by atoms with Gasteiger partial charge in [-0.1, -0.05) is 12.1 Å². The molecular weight excluding hydrogens is 380 g/mol. The second-order valence-electron chi connectivity index (χ2n) is 6.71. The quantitative estimate of drug-likeness (QED) is 0.495. The Morgan fingerprint density at radius 1 is 1.31 bits per heavy atom. The molecule has 3 heterocycles. The molecule has 1 aliphatic rings. The number of nitrogens with zero attached hydrogens (tertiary/aromatic N) is 5. The van der Waals surface area contributed by atoms with Gasteiger partial charge in [-0.3, -0.25) is 15.1 Å². The first-order valence-corrected chi connectivity index (χ1v) is 9.20. The van der Waals surface area contributed by atoms with Crippen LogP contribution in [0.25, 0.3) is 11.5 Å². The molecule has 0 spiro atoms. The molecule has 1 aliphatic heterocycles. The molecule has 0 saturated carbocycles. The number of aromatic amines is 1. The molecule has 11 heteroatoms. The van der Waals surface area contributed by atoms with Crippen molar-refractivity contribution in [2.75, 3.05) is 13.7 Å². The molecule has 0 amide bonds. The molecule has 1 N–H and O–H groups in total. The lowest BCUT2D eigenvalue weighted by Crippen LogP contribution is -2.18. The van der Waals surface area contributed by atoms with Gasteiger partial charge in [0.1, 0.15) is 18.2 Å². The van der Waals surface area contributed by atoms with E-state index in [1.807, 2.05) is 12.1 Å². The van der Waals surface area contributed by atoms with Crippen molar-refractivity contribution in [3.05, 3.63) is 56.6 Å². The molecule has 2 aromatic heterocycles. The van der Waals surface area contributed by atoms with Gasteiger partial charge in [-0.05, 0) is 37.0 Å². The van der Waals surface area contributed by atoms with E-state index in [9.17, 15) is 14.9 Å². The molecular formula is C18H20N6O5. The molecule has 29 heavy (non-hydrogen) atoms. The third-order valence-corrected chi connectivity index (χ3v) is 4.76. The minimum Gasteiger partial charge on any atom is -0.497 e. The Bertz CT molecular complexity index is 1060. The van der Waals surface area contributed by atoms with Gasteiger partial charge in [0.05, 0.1) is 18.6 Å². The van der Waals surface area contributed by atoms with Gasteiger partial charge in [0.15, 0.2) is 5.82 Å². The van der Waals surface area contributed by atoms with Crippen LogP contribution in [0, 0.1) is 10.1 Å². The highest BCUT2D eigenvalue weighted by atomic mass is 16.6. The van der Waals surface area contributed by atoms with Gasteiger partial charge in [-0.15, -0.1) is 5.10 Å². The van der Waals surface area contributed by atoms with Crippen molar-refractivity contribution in [1.82, 2.24) is 24.5 Å². The third kappa shape index (κ3) is 3.90. The molecule has 1 atom stereocenters. The fourth-order valence-corrected chi connectivity index (χ4v) is 3.24. The van der Waals surface area contributed by atoms with E-state index in [-0.39, 0.29) is 30.0 Å². The van der Waals surface area contributed by atoms with Crippen LogP contribution in [-0.2, 0) is 11.3 Å². The minimum absolute atomic E-state index is 0.00903. The summed E-state index contributed by atoms with van der Waals surface area (Å²) in [7, 11) is 1.57. The maximum Gasteiger partial charge on any atom is 0.343 e. The number of nitrogens with one attached hydrogen (secondary N) is 1. The Morgan fingerprint density at radius 3 is 2.76 bits per heavy atom. The van der Waals surface area contributed by atoms with Crippen LogP contribution in [0.4, 0.5) is 5.69 Å². The van der Waals surface area contributed by atoms with Gasteiger partial charge in [-0.2, -0.15) is 5.10 Å². The van der Waals surface area contributed by atoms with Crippen LogP contribution in [0.5, 0.6) is 5.75 Å². The van der Waals surface area contributed by atoms with E-state index in [0.29, 0.717) is 12.4 Å². The first-order chi connectivity index (χ1) is 14.0. The Hall–Kier alpha value is -3.47. The predicted octanol–water partition coefficient (Wildman–Crippen LogP) is 2.10. The molecule has 11 nitrogen and oxygen atoms in total. The van der Waals surface area contributed by atoms with E-state index in [2.05, 4.69) is 15.2 Å². The summed E-state index contributed by atoms with van der Waals surface area (Å²) in [5, 5.41) is 20.0. The van der Waals surface area contributed by atoms with Gasteiger partial charge < -0.3 is 9.47 Å². The highest BCUT2D eigenvalue weighted by molar-refractivity contribution is 5.62. The van der Waals surface area contributed by atoms with Crippen molar-refractivity contribution in [2.45, 2.75) is 32.0 Å². The predicted molar refractivity (Wildman–Crippen MR) is 102 cm³/mol. The van der Waals surface area contributed by atoms with E-state index in [1.54, 1.807) is 19.2 Å². The van der Waals surface area contributed by atoms with Gasteiger partial charge in [0.25, 0.3) is 0 Å². The second kappa shape index (κ2) is 7.87. The summed E-state index contributed by atoms with van der Waals surface area (Å²) < 4.78 is 13.4. The standard InChI is InChI=1S/C18H20N6O5/c1-28-13-7-5-12(6-8-13)10-23-18(25)19-17(21-23)16-14(24(26)27)11-22(20-16)15-4-2-3-9-29-15/h5-8,11,15H,2-4,9-10H2,1H3,(H,19,21,25). The molecule has 1 aromatic carbocycles. The zero-order valence-corrected chi connectivity index (χ0v) is 15.8. The smallest absolute Gasteiger partial charge is 0.343 e. The fourth-order valence-electron chi connectivity index (χ4n) is 3.24. The van der Waals surface area contributed by atoms with Crippen molar-refractivity contribution >= 4 is 5.69 Å². The van der Waals surface area contributed by atoms with Gasteiger partial charge in [0.2, 0.25) is 5.69 Å². The average Bonchev–Trinajstić information content (AvgIpc) is 3.34. The number of hydrogen-bond donors (Lipinski definition) is 1. The number of methoxy groups -OCH3 is 1. The number of nitro groups is 1. The number of hydrogen-bond acceptors (Lipinski definition) is 7. The fraction of sp³-hybridized carbons (Fsp3) is 0.389. The molecule has 3 aromatic rings. The molecule has 152 valence electrons. The van der Waals surface area contributed by atoms with Crippen molar-refractivity contribution in [3.63, 3.8) is 0 Å². The van der Waals surface area contributed by atoms with Gasteiger partial charge in [-0.25, -0.2) is 14.2 Å². The summed E-state index contributed by atoms with van der Waals surface area (Å²) in [6.07, 6.45) is 3.60. The van der Waals surface area contributed by atoms with E-state index >= 15 is 0 Å². The summed E-state index contributed by atoms with van der Waals surface area (Å²) in [5.41, 5.74) is 0.134. The molecule has 1 fully saturated rings. The van der Waals surface area contributed by atoms with Crippen LogP contribution >= 0.6 is 0 Å². The SMILES string of the molecule is COc1ccc(Cn2nc(-c3nn(C4CCCCO4)cc3[N+](=O)[O-])[nH]c2=O)cc1. The summed E-state index contributed by atoms with van der Waals surface area (Å²) in [4.78, 5) is 25.9. The van der Waals surface area contributed by atoms with Crippen molar-refractivity contribution < 1.29 is 14.4 Å². The van der Waals surface area contributed by atoms with Crippen molar-refractivity contribution in [1.29, 1.82) is 0 Å². The summed E-state index contributed by atoms with van der Waals surface area (Å²) in [6.45, 7) is 0.792. The first-order valence-electron chi connectivity index (χ1n) is 9.20. The minimum atomic E-state index is -0.539. The highest BCUT2D eigenvalue weighted by Gasteiger charge is 2.28. The first kappa shape index (κ1) is 18.9. The monoisotopic (exact) mass is 400 g/mol. The molecule has 1 saturated heterocycles. The normalized spacial score (nSPS) is 16.7. The Kier molecular flexibility index (Phi) is 5.12. The van der Waals surface area contributed by atoms with E-state index in [0.717, 1.165) is 24.8 Å². The third-order valence-electron chi connectivity index (χ3n) is 4.76. The lowest BCUT2D eigenvalue weighted by atomic mass is 10.2. The summed E-state index contributed by atoms with van der Waals surface area (Å²) in [5.74, 6) is 0.750. The molecule has 1 unspecified atom stereocenters. The molecule has 0 bridgehead atoms. The highest BCUT2D eigenvalue weighted by Crippen LogP contribution is 2.29. The lowest BCUT2D eigenvalue weighted by Gasteiger charge is -2.22. The zero-order valence-electron chi connectivity index (χ0n) is 15.8. The number of ether oxygens (including phenoxy) is 2. The number of aromatic nitrogens is 5. The summed E-state index contributed by atoms with van der Waals surface area (Å²) >= 11 is 0. The van der Waals surface area contributed by atoms with E-state index in [4.69, 9.17) is 9.47 Å². The van der Waals surface area contributed by atoms with E-state index < -0.39 is 10.6 Å². The van der Waals surface area contributed by atoms with Gasteiger partial charge >= 0.3 is 11.4 Å². The molecule has 0 aliphatic carbocycles. The second-order valence-corrected chi connectivity index (χ2v) is 6.71. The maximum absolute atomic E-state index is 12.3. The van der Waals surface area contributed by atoms with Crippen molar-refractivity contribution in [3.8, 4) is 17.3 Å². The van der Waals surface area contributed by atoms with Crippen LogP contribution in [0.3, 0.4) is 0 Å². The zero-order chi connectivity index (χ0) is 20.4. The molecule has 4 rings (SSSR count). The molecule has 0 radical (unpaired) electrons. The number of H-pyrrole nitrogens is 1. The largest absolute Gasteiger partial charge is 0.497 e.